The molecule has 0 aromatic carbocycles. The first-order valence-corrected chi connectivity index (χ1v) is 5.28. The summed E-state index contributed by atoms with van der Waals surface area (Å²) in [5.41, 5.74) is 0. The molecule has 9 heavy (non-hydrogen) atoms. The summed E-state index contributed by atoms with van der Waals surface area (Å²) in [7, 11) is -3.66. The highest BCUT2D eigenvalue weighted by atomic mass is 28.4. The standard InChI is InChI=1S/C3H10O3Si.C2H6/c1-2-3-7(4,5)6;1-2/h4-6H,2-3H2,1H3;1-2H3. The Morgan fingerprint density at radius 3 is 1.44 bits per heavy atom. The van der Waals surface area contributed by atoms with E-state index < -0.39 is 8.80 Å². The Morgan fingerprint density at radius 1 is 1.11 bits per heavy atom. The molecule has 58 valence electrons. The third kappa shape index (κ3) is 17.9. The van der Waals surface area contributed by atoms with Crippen molar-refractivity contribution >= 4 is 8.80 Å². The molecule has 0 fully saturated rings. The van der Waals surface area contributed by atoms with Crippen LogP contribution < -0.4 is 0 Å². The molecule has 0 aromatic rings. The Morgan fingerprint density at radius 2 is 1.44 bits per heavy atom. The van der Waals surface area contributed by atoms with Gasteiger partial charge in [-0.3, -0.25) is 0 Å². The van der Waals surface area contributed by atoms with E-state index in [4.69, 9.17) is 14.4 Å². The van der Waals surface area contributed by atoms with E-state index in [1.165, 1.54) is 0 Å². The molecular weight excluding hydrogens is 136 g/mol. The summed E-state index contributed by atoms with van der Waals surface area (Å²) >= 11 is 0. The van der Waals surface area contributed by atoms with Crippen LogP contribution in [-0.2, 0) is 0 Å². The minimum atomic E-state index is -3.66. The zero-order valence-corrected chi connectivity index (χ0v) is 7.26. The van der Waals surface area contributed by atoms with Crippen LogP contribution in [0.5, 0.6) is 0 Å². The molecule has 0 atom stereocenters. The Kier molecular flexibility index (Phi) is 8.18. The minimum Gasteiger partial charge on any atom is -0.390 e. The van der Waals surface area contributed by atoms with E-state index >= 15 is 0 Å². The van der Waals surface area contributed by atoms with Crippen molar-refractivity contribution in [2.45, 2.75) is 33.2 Å². The van der Waals surface area contributed by atoms with Gasteiger partial charge in [0.1, 0.15) is 0 Å². The van der Waals surface area contributed by atoms with Gasteiger partial charge in [0.2, 0.25) is 0 Å². The van der Waals surface area contributed by atoms with E-state index in [9.17, 15) is 0 Å². The molecule has 0 rings (SSSR count). The maximum absolute atomic E-state index is 8.27. The smallest absolute Gasteiger partial charge is 0.390 e. The second kappa shape index (κ2) is 6.22. The summed E-state index contributed by atoms with van der Waals surface area (Å²) in [5, 5.41) is 0. The van der Waals surface area contributed by atoms with Crippen molar-refractivity contribution in [3.05, 3.63) is 0 Å². The molecule has 4 heteroatoms. The summed E-state index contributed by atoms with van der Waals surface area (Å²) in [6, 6.07) is 0.146. The van der Waals surface area contributed by atoms with E-state index in [2.05, 4.69) is 0 Å². The average molecular weight is 152 g/mol. The van der Waals surface area contributed by atoms with E-state index in [0.29, 0.717) is 6.42 Å². The van der Waals surface area contributed by atoms with Crippen LogP contribution in [0.15, 0.2) is 0 Å². The maximum atomic E-state index is 8.27. The van der Waals surface area contributed by atoms with Gasteiger partial charge in [-0.2, -0.15) is 0 Å². The molecule has 0 unspecified atom stereocenters. The van der Waals surface area contributed by atoms with Gasteiger partial charge in [-0.25, -0.2) is 0 Å². The monoisotopic (exact) mass is 152 g/mol. The number of rotatable bonds is 2. The van der Waals surface area contributed by atoms with Gasteiger partial charge in [-0.05, 0) is 0 Å². The van der Waals surface area contributed by atoms with Crippen LogP contribution in [-0.4, -0.2) is 23.2 Å². The molecule has 0 aliphatic carbocycles. The van der Waals surface area contributed by atoms with Gasteiger partial charge < -0.3 is 14.4 Å². The molecule has 0 amide bonds. The summed E-state index contributed by atoms with van der Waals surface area (Å²) in [4.78, 5) is 24.8. The topological polar surface area (TPSA) is 60.7 Å². The highest BCUT2D eigenvalue weighted by Crippen LogP contribution is 1.97. The van der Waals surface area contributed by atoms with Crippen LogP contribution in [0.4, 0.5) is 0 Å². The van der Waals surface area contributed by atoms with Crippen LogP contribution >= 0.6 is 0 Å². The van der Waals surface area contributed by atoms with Gasteiger partial charge in [0.05, 0.1) is 0 Å². The SMILES string of the molecule is CC.CCC[Si](O)(O)O. The summed E-state index contributed by atoms with van der Waals surface area (Å²) < 4.78 is 0. The maximum Gasteiger partial charge on any atom is 0.492 e. The quantitative estimate of drug-likeness (QED) is 0.500. The lowest BCUT2D eigenvalue weighted by Crippen LogP contribution is -2.33. The van der Waals surface area contributed by atoms with Gasteiger partial charge in [0, 0.05) is 6.04 Å². The van der Waals surface area contributed by atoms with E-state index in [1.54, 1.807) is 6.92 Å². The summed E-state index contributed by atoms with van der Waals surface area (Å²) in [6.45, 7) is 5.78. The van der Waals surface area contributed by atoms with Crippen molar-refractivity contribution in [2.24, 2.45) is 0 Å². The normalized spacial score (nSPS) is 10.0. The lowest BCUT2D eigenvalue weighted by molar-refractivity contribution is 0.227. The van der Waals surface area contributed by atoms with Gasteiger partial charge in [0.25, 0.3) is 0 Å². The Hall–Kier alpha value is 0.0969. The Balaban J connectivity index is 0. The first-order valence-electron chi connectivity index (χ1n) is 3.23. The van der Waals surface area contributed by atoms with Gasteiger partial charge in [-0.15, -0.1) is 0 Å². The van der Waals surface area contributed by atoms with Crippen LogP contribution in [0.2, 0.25) is 6.04 Å². The van der Waals surface area contributed by atoms with Crippen LogP contribution in [0, 0.1) is 0 Å². The third-order valence-corrected chi connectivity index (χ3v) is 1.76. The molecule has 0 saturated carbocycles. The fourth-order valence-corrected chi connectivity index (χ4v) is 1.01. The molecule has 0 spiro atoms. The number of hydrogen-bond donors (Lipinski definition) is 3. The van der Waals surface area contributed by atoms with Gasteiger partial charge in [-0.1, -0.05) is 27.2 Å². The summed E-state index contributed by atoms with van der Waals surface area (Å²) in [6.07, 6.45) is 0.621. The molecule has 0 aliphatic heterocycles. The average Bonchev–Trinajstić information content (AvgIpc) is 1.69. The molecule has 3 nitrogen and oxygen atoms in total. The number of hydrogen-bond acceptors (Lipinski definition) is 3. The molecule has 0 bridgehead atoms. The van der Waals surface area contributed by atoms with E-state index in [-0.39, 0.29) is 6.04 Å². The van der Waals surface area contributed by atoms with Crippen molar-refractivity contribution < 1.29 is 14.4 Å². The highest BCUT2D eigenvalue weighted by molar-refractivity contribution is 6.56. The molecule has 0 saturated heterocycles. The van der Waals surface area contributed by atoms with Crippen molar-refractivity contribution in [3.63, 3.8) is 0 Å². The second-order valence-electron chi connectivity index (χ2n) is 1.52. The second-order valence-corrected chi connectivity index (χ2v) is 3.57. The summed E-state index contributed by atoms with van der Waals surface area (Å²) in [5.74, 6) is 0. The first-order chi connectivity index (χ1) is 4.06. The minimum absolute atomic E-state index is 0.146. The predicted octanol–water partition coefficient (Wildman–Crippen LogP) is 0.338. The van der Waals surface area contributed by atoms with Crippen LogP contribution in [0.25, 0.3) is 0 Å². The fourth-order valence-electron chi connectivity index (χ4n) is 0.335. The first kappa shape index (κ1) is 11.8. The molecular formula is C5H16O3Si. The molecule has 0 aliphatic rings. The Bertz CT molecular complexity index is 50.7. The van der Waals surface area contributed by atoms with Crippen molar-refractivity contribution in [3.8, 4) is 0 Å². The molecule has 0 heterocycles. The largest absolute Gasteiger partial charge is 0.492 e. The molecule has 0 radical (unpaired) electrons. The van der Waals surface area contributed by atoms with Crippen molar-refractivity contribution in [1.29, 1.82) is 0 Å². The highest BCUT2D eigenvalue weighted by Gasteiger charge is 2.24. The molecule has 0 aromatic heterocycles. The van der Waals surface area contributed by atoms with E-state index in [1.807, 2.05) is 13.8 Å². The van der Waals surface area contributed by atoms with Crippen molar-refractivity contribution in [2.75, 3.05) is 0 Å². The van der Waals surface area contributed by atoms with Crippen molar-refractivity contribution in [1.82, 2.24) is 0 Å². The third-order valence-electron chi connectivity index (χ3n) is 0.585. The van der Waals surface area contributed by atoms with Gasteiger partial charge in [0.15, 0.2) is 0 Å². The lowest BCUT2D eigenvalue weighted by Gasteiger charge is -2.04. The zero-order chi connectivity index (χ0) is 7.91. The Labute approximate surface area is 57.3 Å². The zero-order valence-electron chi connectivity index (χ0n) is 6.26. The van der Waals surface area contributed by atoms with Crippen LogP contribution in [0.1, 0.15) is 27.2 Å². The van der Waals surface area contributed by atoms with E-state index in [0.717, 1.165) is 0 Å². The van der Waals surface area contributed by atoms with Crippen LogP contribution in [0.3, 0.4) is 0 Å². The molecule has 3 N–H and O–H groups in total. The lowest BCUT2D eigenvalue weighted by atomic mass is 10.6. The van der Waals surface area contributed by atoms with Gasteiger partial charge >= 0.3 is 8.80 Å². The fraction of sp³-hybridized carbons (Fsp3) is 1.00. The predicted molar refractivity (Wildman–Crippen MR) is 38.9 cm³/mol.